The van der Waals surface area contributed by atoms with E-state index in [1.54, 1.807) is 17.0 Å². The number of nitrogens with one attached hydrogen (secondary N) is 1. The van der Waals surface area contributed by atoms with Crippen LogP contribution in [0.1, 0.15) is 5.56 Å². The summed E-state index contributed by atoms with van der Waals surface area (Å²) in [6, 6.07) is 11.8. The Morgan fingerprint density at radius 3 is 2.90 bits per heavy atom. The number of H-pyrrole nitrogens is 1. The van der Waals surface area contributed by atoms with Crippen LogP contribution in [0.15, 0.2) is 53.6 Å². The number of benzene rings is 1. The third-order valence-corrected chi connectivity index (χ3v) is 3.15. The van der Waals surface area contributed by atoms with E-state index in [1.165, 1.54) is 0 Å². The van der Waals surface area contributed by atoms with Crippen LogP contribution in [0.2, 0.25) is 0 Å². The van der Waals surface area contributed by atoms with Gasteiger partial charge in [0.1, 0.15) is 0 Å². The fourth-order valence-corrected chi connectivity index (χ4v) is 2.15. The van der Waals surface area contributed by atoms with Crippen LogP contribution in [0.4, 0.5) is 0 Å². The van der Waals surface area contributed by atoms with Gasteiger partial charge in [0, 0.05) is 6.20 Å². The normalized spacial score (nSPS) is 11.0. The molecule has 5 heteroatoms. The van der Waals surface area contributed by atoms with Crippen LogP contribution in [-0.2, 0) is 17.9 Å². The van der Waals surface area contributed by atoms with Gasteiger partial charge < -0.3 is 9.72 Å². The summed E-state index contributed by atoms with van der Waals surface area (Å²) in [7, 11) is 0. The average Bonchev–Trinajstić information content (AvgIpc) is 2.80. The van der Waals surface area contributed by atoms with Gasteiger partial charge in [-0.3, -0.25) is 9.55 Å². The smallest absolute Gasteiger partial charge is 0.326 e. The molecule has 0 saturated carbocycles. The molecular weight excluding hydrogens is 254 g/mol. The number of pyridine rings is 1. The zero-order valence-electron chi connectivity index (χ0n) is 11.0. The van der Waals surface area contributed by atoms with Crippen LogP contribution in [-0.4, -0.2) is 21.1 Å². The van der Waals surface area contributed by atoms with Gasteiger partial charge in [-0.05, 0) is 11.6 Å². The van der Waals surface area contributed by atoms with Gasteiger partial charge in [0.15, 0.2) is 0 Å². The van der Waals surface area contributed by atoms with Crippen molar-refractivity contribution < 1.29 is 4.74 Å². The van der Waals surface area contributed by atoms with Gasteiger partial charge in [0.25, 0.3) is 0 Å². The van der Waals surface area contributed by atoms with E-state index >= 15 is 0 Å². The van der Waals surface area contributed by atoms with Crippen molar-refractivity contribution in [3.8, 4) is 0 Å². The van der Waals surface area contributed by atoms with Crippen molar-refractivity contribution in [1.29, 1.82) is 0 Å². The Kier molecular flexibility index (Phi) is 3.60. The second kappa shape index (κ2) is 5.71. The highest BCUT2D eigenvalue weighted by molar-refractivity contribution is 5.73. The third kappa shape index (κ3) is 2.62. The summed E-state index contributed by atoms with van der Waals surface area (Å²) in [5.74, 6) is 0. The lowest BCUT2D eigenvalue weighted by Crippen LogP contribution is -2.19. The van der Waals surface area contributed by atoms with Gasteiger partial charge >= 0.3 is 5.69 Å². The van der Waals surface area contributed by atoms with Gasteiger partial charge in [-0.2, -0.15) is 0 Å². The molecule has 0 amide bonds. The maximum absolute atomic E-state index is 11.8. The number of hydrogen-bond acceptors (Lipinski definition) is 3. The van der Waals surface area contributed by atoms with E-state index in [4.69, 9.17) is 4.74 Å². The van der Waals surface area contributed by atoms with Crippen molar-refractivity contribution in [2.24, 2.45) is 0 Å². The number of fused-ring (bicyclic) bond motifs is 1. The average molecular weight is 269 g/mol. The molecule has 1 aromatic carbocycles. The van der Waals surface area contributed by atoms with Gasteiger partial charge in [0.2, 0.25) is 0 Å². The molecular formula is C15H15N3O2. The highest BCUT2D eigenvalue weighted by atomic mass is 16.5. The fraction of sp³-hybridized carbons (Fsp3) is 0.200. The molecule has 0 aliphatic carbocycles. The van der Waals surface area contributed by atoms with Crippen molar-refractivity contribution >= 4 is 11.0 Å². The minimum atomic E-state index is -0.128. The summed E-state index contributed by atoms with van der Waals surface area (Å²) in [5.41, 5.74) is 2.60. The molecule has 0 aliphatic heterocycles. The molecule has 0 atom stereocenters. The maximum atomic E-state index is 11.8. The summed E-state index contributed by atoms with van der Waals surface area (Å²) in [4.78, 5) is 18.6. The quantitative estimate of drug-likeness (QED) is 0.720. The molecule has 5 nitrogen and oxygen atoms in total. The van der Waals surface area contributed by atoms with Crippen LogP contribution in [0.3, 0.4) is 0 Å². The van der Waals surface area contributed by atoms with Crippen LogP contribution in [0, 0.1) is 0 Å². The number of hydrogen-bond donors (Lipinski definition) is 1. The van der Waals surface area contributed by atoms with Crippen LogP contribution >= 0.6 is 0 Å². The molecule has 0 radical (unpaired) electrons. The van der Waals surface area contributed by atoms with E-state index in [2.05, 4.69) is 9.97 Å². The highest BCUT2D eigenvalue weighted by Gasteiger charge is 2.05. The lowest BCUT2D eigenvalue weighted by molar-refractivity contribution is 0.113. The zero-order valence-corrected chi connectivity index (χ0v) is 11.0. The molecule has 2 aromatic heterocycles. The lowest BCUT2D eigenvalue weighted by atomic mass is 10.2. The second-order valence-corrected chi connectivity index (χ2v) is 4.51. The Labute approximate surface area is 115 Å². The number of imidazole rings is 1. The monoisotopic (exact) mass is 269 g/mol. The first kappa shape index (κ1) is 12.6. The second-order valence-electron chi connectivity index (χ2n) is 4.51. The van der Waals surface area contributed by atoms with Crippen molar-refractivity contribution in [2.45, 2.75) is 13.2 Å². The Balaban J connectivity index is 1.63. The highest BCUT2D eigenvalue weighted by Crippen LogP contribution is 2.07. The van der Waals surface area contributed by atoms with E-state index in [1.807, 2.05) is 36.4 Å². The topological polar surface area (TPSA) is 59.9 Å². The number of rotatable bonds is 5. The molecule has 0 fully saturated rings. The number of aromatic nitrogens is 3. The molecule has 102 valence electrons. The Morgan fingerprint density at radius 1 is 1.20 bits per heavy atom. The van der Waals surface area contributed by atoms with E-state index in [0.717, 1.165) is 16.6 Å². The Hall–Kier alpha value is -2.40. The first-order valence-electron chi connectivity index (χ1n) is 6.49. The molecule has 0 unspecified atom stereocenters. The van der Waals surface area contributed by atoms with E-state index in [0.29, 0.717) is 19.8 Å². The van der Waals surface area contributed by atoms with Gasteiger partial charge in [0.05, 0.1) is 37.0 Å². The molecule has 20 heavy (non-hydrogen) atoms. The van der Waals surface area contributed by atoms with Crippen LogP contribution in [0.25, 0.3) is 11.0 Å². The third-order valence-electron chi connectivity index (χ3n) is 3.15. The molecule has 0 saturated heterocycles. The summed E-state index contributed by atoms with van der Waals surface area (Å²) in [6.45, 7) is 1.57. The lowest BCUT2D eigenvalue weighted by Gasteiger charge is -2.05. The SMILES string of the molecule is O=c1[nH]c2cnccc2n1CCOCc1ccccc1. The summed E-state index contributed by atoms with van der Waals surface area (Å²) in [5, 5.41) is 0. The minimum absolute atomic E-state index is 0.128. The molecule has 0 spiro atoms. The van der Waals surface area contributed by atoms with E-state index in [9.17, 15) is 4.79 Å². The van der Waals surface area contributed by atoms with E-state index < -0.39 is 0 Å². The number of aromatic amines is 1. The van der Waals surface area contributed by atoms with Gasteiger partial charge in [-0.1, -0.05) is 30.3 Å². The molecule has 1 N–H and O–H groups in total. The fourth-order valence-electron chi connectivity index (χ4n) is 2.15. The van der Waals surface area contributed by atoms with Crippen molar-refractivity contribution in [1.82, 2.24) is 14.5 Å². The molecule has 3 rings (SSSR count). The van der Waals surface area contributed by atoms with Gasteiger partial charge in [-0.15, -0.1) is 0 Å². The van der Waals surface area contributed by atoms with Crippen molar-refractivity contribution in [3.63, 3.8) is 0 Å². The predicted molar refractivity (Wildman–Crippen MR) is 76.5 cm³/mol. The predicted octanol–water partition coefficient (Wildman–Crippen LogP) is 1.94. The molecule has 0 bridgehead atoms. The van der Waals surface area contributed by atoms with Crippen LogP contribution in [0.5, 0.6) is 0 Å². The molecule has 3 aromatic rings. The van der Waals surface area contributed by atoms with Crippen molar-refractivity contribution in [2.75, 3.05) is 6.61 Å². The minimum Gasteiger partial charge on any atom is -0.375 e. The maximum Gasteiger partial charge on any atom is 0.326 e. The largest absolute Gasteiger partial charge is 0.375 e. The number of ether oxygens (including phenoxy) is 1. The molecule has 0 aliphatic rings. The van der Waals surface area contributed by atoms with E-state index in [-0.39, 0.29) is 5.69 Å². The number of nitrogens with zero attached hydrogens (tertiary/aromatic N) is 2. The summed E-state index contributed by atoms with van der Waals surface area (Å²) in [6.07, 6.45) is 3.33. The first-order chi connectivity index (χ1) is 9.84. The standard InChI is InChI=1S/C15H15N3O2/c19-15-17-13-10-16-7-6-14(13)18(15)8-9-20-11-12-4-2-1-3-5-12/h1-7,10H,8-9,11H2,(H,17,19). The Morgan fingerprint density at radius 2 is 2.05 bits per heavy atom. The first-order valence-corrected chi connectivity index (χ1v) is 6.49. The summed E-state index contributed by atoms with van der Waals surface area (Å²) >= 11 is 0. The molecule has 2 heterocycles. The van der Waals surface area contributed by atoms with Crippen LogP contribution < -0.4 is 5.69 Å². The zero-order chi connectivity index (χ0) is 13.8. The summed E-state index contributed by atoms with van der Waals surface area (Å²) < 4.78 is 7.28. The van der Waals surface area contributed by atoms with Crippen molar-refractivity contribution in [3.05, 3.63) is 64.8 Å². The Bertz CT molecular complexity index is 746. The van der Waals surface area contributed by atoms with Gasteiger partial charge in [-0.25, -0.2) is 4.79 Å².